The molecule has 0 bridgehead atoms. The summed E-state index contributed by atoms with van der Waals surface area (Å²) in [5, 5.41) is 4.07. The van der Waals surface area contributed by atoms with Gasteiger partial charge in [-0.3, -0.25) is 4.68 Å². The second-order valence-corrected chi connectivity index (χ2v) is 4.89. The lowest BCUT2D eigenvalue weighted by molar-refractivity contribution is 0.252. The summed E-state index contributed by atoms with van der Waals surface area (Å²) in [6.07, 6.45) is 6.34. The number of hydrogen-bond acceptors (Lipinski definition) is 3. The van der Waals surface area contributed by atoms with Crippen molar-refractivity contribution < 1.29 is 4.74 Å². The SMILES string of the molecule is Cn1cc(OCC2CCCSC2)cn1. The van der Waals surface area contributed by atoms with Gasteiger partial charge in [-0.1, -0.05) is 0 Å². The Kier molecular flexibility index (Phi) is 3.35. The molecule has 1 aromatic rings. The van der Waals surface area contributed by atoms with E-state index < -0.39 is 0 Å². The first-order valence-electron chi connectivity index (χ1n) is 5.04. The van der Waals surface area contributed by atoms with Crippen LogP contribution in [0.4, 0.5) is 0 Å². The van der Waals surface area contributed by atoms with Gasteiger partial charge in [0, 0.05) is 13.0 Å². The van der Waals surface area contributed by atoms with Crippen molar-refractivity contribution in [2.45, 2.75) is 12.8 Å². The zero-order valence-corrected chi connectivity index (χ0v) is 9.30. The molecule has 4 heteroatoms. The fourth-order valence-electron chi connectivity index (χ4n) is 1.63. The maximum atomic E-state index is 5.67. The summed E-state index contributed by atoms with van der Waals surface area (Å²) in [6.45, 7) is 0.846. The van der Waals surface area contributed by atoms with Crippen LogP contribution in [-0.2, 0) is 7.05 Å². The van der Waals surface area contributed by atoms with Gasteiger partial charge in [-0.25, -0.2) is 0 Å². The van der Waals surface area contributed by atoms with Crippen molar-refractivity contribution in [3.63, 3.8) is 0 Å². The molecule has 14 heavy (non-hydrogen) atoms. The molecule has 3 nitrogen and oxygen atoms in total. The summed E-state index contributed by atoms with van der Waals surface area (Å²) in [7, 11) is 1.91. The van der Waals surface area contributed by atoms with Gasteiger partial charge in [0.15, 0.2) is 5.75 Å². The van der Waals surface area contributed by atoms with Crippen LogP contribution < -0.4 is 4.74 Å². The van der Waals surface area contributed by atoms with Gasteiger partial charge < -0.3 is 4.74 Å². The molecule has 78 valence electrons. The monoisotopic (exact) mass is 212 g/mol. The Morgan fingerprint density at radius 1 is 1.71 bits per heavy atom. The zero-order valence-electron chi connectivity index (χ0n) is 8.48. The first-order valence-corrected chi connectivity index (χ1v) is 6.19. The van der Waals surface area contributed by atoms with Crippen molar-refractivity contribution in [1.29, 1.82) is 0 Å². The zero-order chi connectivity index (χ0) is 9.80. The molecule has 1 aromatic heterocycles. The van der Waals surface area contributed by atoms with Crippen LogP contribution in [0.15, 0.2) is 12.4 Å². The molecular weight excluding hydrogens is 196 g/mol. The minimum atomic E-state index is 0.731. The highest BCUT2D eigenvalue weighted by molar-refractivity contribution is 7.99. The van der Waals surface area contributed by atoms with E-state index in [-0.39, 0.29) is 0 Å². The van der Waals surface area contributed by atoms with Crippen LogP contribution in [0.2, 0.25) is 0 Å². The van der Waals surface area contributed by atoms with Crippen LogP contribution in [0, 0.1) is 5.92 Å². The Labute approximate surface area is 88.8 Å². The van der Waals surface area contributed by atoms with Gasteiger partial charge in [-0.2, -0.15) is 16.9 Å². The summed E-state index contributed by atoms with van der Waals surface area (Å²) in [5.74, 6) is 4.20. The Morgan fingerprint density at radius 2 is 2.64 bits per heavy atom. The molecule has 1 aliphatic rings. The minimum Gasteiger partial charge on any atom is -0.490 e. The summed E-state index contributed by atoms with van der Waals surface area (Å²) >= 11 is 2.04. The van der Waals surface area contributed by atoms with E-state index in [2.05, 4.69) is 5.10 Å². The highest BCUT2D eigenvalue weighted by atomic mass is 32.2. The molecule has 1 atom stereocenters. The molecule has 1 fully saturated rings. The Hall–Kier alpha value is -0.640. The average molecular weight is 212 g/mol. The van der Waals surface area contributed by atoms with Crippen LogP contribution in [-0.4, -0.2) is 27.9 Å². The van der Waals surface area contributed by atoms with Crippen molar-refractivity contribution in [3.8, 4) is 5.75 Å². The summed E-state index contributed by atoms with van der Waals surface area (Å²) in [5.41, 5.74) is 0. The summed E-state index contributed by atoms with van der Waals surface area (Å²) in [4.78, 5) is 0. The fraction of sp³-hybridized carbons (Fsp3) is 0.700. The molecule has 0 N–H and O–H groups in total. The summed E-state index contributed by atoms with van der Waals surface area (Å²) < 4.78 is 7.44. The first kappa shape index (κ1) is 9.90. The van der Waals surface area contributed by atoms with Gasteiger partial charge in [0.05, 0.1) is 19.0 Å². The Balaban J connectivity index is 1.76. The largest absolute Gasteiger partial charge is 0.490 e. The van der Waals surface area contributed by atoms with Gasteiger partial charge >= 0.3 is 0 Å². The third kappa shape index (κ3) is 2.67. The smallest absolute Gasteiger partial charge is 0.157 e. The maximum Gasteiger partial charge on any atom is 0.157 e. The molecule has 1 aliphatic heterocycles. The van der Waals surface area contributed by atoms with Crippen molar-refractivity contribution in [2.24, 2.45) is 13.0 Å². The van der Waals surface area contributed by atoms with E-state index in [1.165, 1.54) is 24.3 Å². The molecule has 0 spiro atoms. The van der Waals surface area contributed by atoms with Gasteiger partial charge in [0.25, 0.3) is 0 Å². The van der Waals surface area contributed by atoms with E-state index in [1.807, 2.05) is 25.0 Å². The lowest BCUT2D eigenvalue weighted by Gasteiger charge is -2.20. The molecule has 2 heterocycles. The van der Waals surface area contributed by atoms with E-state index >= 15 is 0 Å². The number of ether oxygens (including phenoxy) is 1. The van der Waals surface area contributed by atoms with Crippen molar-refractivity contribution >= 4 is 11.8 Å². The van der Waals surface area contributed by atoms with Gasteiger partial charge in [0.2, 0.25) is 0 Å². The van der Waals surface area contributed by atoms with Crippen LogP contribution in [0.3, 0.4) is 0 Å². The molecular formula is C10H16N2OS. The molecule has 2 rings (SSSR count). The molecule has 0 aromatic carbocycles. The average Bonchev–Trinajstić information content (AvgIpc) is 2.63. The Bertz CT molecular complexity index is 281. The number of rotatable bonds is 3. The normalized spacial score (nSPS) is 22.2. The standard InChI is InChI=1S/C10H16N2OS/c1-12-6-10(5-11-12)13-7-9-3-2-4-14-8-9/h5-6,9H,2-4,7-8H2,1H3. The lowest BCUT2D eigenvalue weighted by Crippen LogP contribution is -2.18. The van der Waals surface area contributed by atoms with E-state index in [4.69, 9.17) is 4.74 Å². The predicted molar refractivity (Wildman–Crippen MR) is 58.8 cm³/mol. The third-order valence-corrected chi connectivity index (χ3v) is 3.71. The second kappa shape index (κ2) is 4.73. The van der Waals surface area contributed by atoms with Crippen LogP contribution in [0.1, 0.15) is 12.8 Å². The fourth-order valence-corrected chi connectivity index (χ4v) is 2.76. The molecule has 0 aliphatic carbocycles. The molecule has 0 saturated carbocycles. The highest BCUT2D eigenvalue weighted by Gasteiger charge is 2.14. The van der Waals surface area contributed by atoms with Crippen LogP contribution >= 0.6 is 11.8 Å². The minimum absolute atomic E-state index is 0.731. The number of aryl methyl sites for hydroxylation is 1. The topological polar surface area (TPSA) is 27.1 Å². The molecule has 1 unspecified atom stereocenters. The van der Waals surface area contributed by atoms with Crippen molar-refractivity contribution in [3.05, 3.63) is 12.4 Å². The molecule has 0 amide bonds. The van der Waals surface area contributed by atoms with E-state index in [0.29, 0.717) is 0 Å². The molecule has 0 radical (unpaired) electrons. The maximum absolute atomic E-state index is 5.67. The number of thioether (sulfide) groups is 1. The van der Waals surface area contributed by atoms with Gasteiger partial charge in [-0.05, 0) is 24.3 Å². The third-order valence-electron chi connectivity index (χ3n) is 2.42. The van der Waals surface area contributed by atoms with Gasteiger partial charge in [0.1, 0.15) is 0 Å². The van der Waals surface area contributed by atoms with E-state index in [9.17, 15) is 0 Å². The predicted octanol–water partition coefficient (Wildman–Crippen LogP) is 1.94. The quantitative estimate of drug-likeness (QED) is 0.766. The van der Waals surface area contributed by atoms with Crippen molar-refractivity contribution in [2.75, 3.05) is 18.1 Å². The lowest BCUT2D eigenvalue weighted by atomic mass is 10.1. The van der Waals surface area contributed by atoms with Crippen LogP contribution in [0.5, 0.6) is 5.75 Å². The van der Waals surface area contributed by atoms with E-state index in [1.54, 1.807) is 10.9 Å². The van der Waals surface area contributed by atoms with Crippen molar-refractivity contribution in [1.82, 2.24) is 9.78 Å². The van der Waals surface area contributed by atoms with Gasteiger partial charge in [-0.15, -0.1) is 0 Å². The number of nitrogens with zero attached hydrogens (tertiary/aromatic N) is 2. The highest BCUT2D eigenvalue weighted by Crippen LogP contribution is 2.23. The molecule has 1 saturated heterocycles. The van der Waals surface area contributed by atoms with E-state index in [0.717, 1.165) is 18.3 Å². The Morgan fingerprint density at radius 3 is 3.29 bits per heavy atom. The van der Waals surface area contributed by atoms with Crippen LogP contribution in [0.25, 0.3) is 0 Å². The second-order valence-electron chi connectivity index (χ2n) is 3.74. The number of hydrogen-bond donors (Lipinski definition) is 0. The first-order chi connectivity index (χ1) is 6.84. The summed E-state index contributed by atoms with van der Waals surface area (Å²) in [6, 6.07) is 0. The number of aromatic nitrogens is 2.